The predicted molar refractivity (Wildman–Crippen MR) is 72.9 cm³/mol. The fourth-order valence-electron chi connectivity index (χ4n) is 1.86. The van der Waals surface area contributed by atoms with Gasteiger partial charge in [0.15, 0.2) is 11.6 Å². The molecule has 0 saturated carbocycles. The van der Waals surface area contributed by atoms with Gasteiger partial charge >= 0.3 is 5.97 Å². The van der Waals surface area contributed by atoms with E-state index in [1.165, 1.54) is 7.11 Å². The maximum absolute atomic E-state index is 11.4. The Morgan fingerprint density at radius 1 is 1.09 bits per heavy atom. The largest absolute Gasteiger partial charge is 0.465 e. The summed E-state index contributed by atoms with van der Waals surface area (Å²) in [6.45, 7) is 1.71. The maximum atomic E-state index is 11.4. The Morgan fingerprint density at radius 2 is 1.77 bits per heavy atom. The highest BCUT2D eigenvalue weighted by Gasteiger charge is 2.13. The van der Waals surface area contributed by atoms with E-state index in [2.05, 4.69) is 25.0 Å². The number of benzene rings is 1. The molecule has 0 aliphatic heterocycles. The van der Waals surface area contributed by atoms with Crippen molar-refractivity contribution < 1.29 is 18.6 Å². The molecule has 0 atom stereocenters. The lowest BCUT2D eigenvalue weighted by Gasteiger charge is -1.99. The number of hydrogen-bond donors (Lipinski definition) is 0. The fourth-order valence-corrected chi connectivity index (χ4v) is 1.86. The van der Waals surface area contributed by atoms with Crippen molar-refractivity contribution in [2.45, 2.75) is 13.3 Å². The van der Waals surface area contributed by atoms with E-state index in [9.17, 15) is 4.79 Å². The Hall–Kier alpha value is -3.03. The molecule has 1 aromatic carbocycles. The Bertz CT molecular complexity index is 791. The van der Waals surface area contributed by atoms with Crippen LogP contribution in [0.2, 0.25) is 0 Å². The second-order valence-electron chi connectivity index (χ2n) is 4.49. The van der Waals surface area contributed by atoms with Crippen LogP contribution < -0.4 is 0 Å². The van der Waals surface area contributed by atoms with Gasteiger partial charge in [-0.3, -0.25) is 0 Å². The van der Waals surface area contributed by atoms with E-state index < -0.39 is 5.97 Å². The molecule has 8 nitrogen and oxygen atoms in total. The first-order chi connectivity index (χ1) is 10.7. The number of aryl methyl sites for hydroxylation is 1. The molecule has 3 aromatic rings. The van der Waals surface area contributed by atoms with Crippen LogP contribution in [0.1, 0.15) is 27.9 Å². The Morgan fingerprint density at radius 3 is 2.41 bits per heavy atom. The third kappa shape index (κ3) is 2.85. The van der Waals surface area contributed by atoms with Crippen LogP contribution in [0.25, 0.3) is 11.5 Å². The van der Waals surface area contributed by atoms with Crippen LogP contribution in [0.4, 0.5) is 0 Å². The highest BCUT2D eigenvalue weighted by atomic mass is 16.5. The van der Waals surface area contributed by atoms with Gasteiger partial charge in [-0.1, -0.05) is 10.3 Å². The third-order valence-electron chi connectivity index (χ3n) is 2.91. The minimum atomic E-state index is -0.398. The lowest BCUT2D eigenvalue weighted by molar-refractivity contribution is 0.0600. The zero-order chi connectivity index (χ0) is 15.5. The van der Waals surface area contributed by atoms with Gasteiger partial charge in [0.25, 0.3) is 5.89 Å². The summed E-state index contributed by atoms with van der Waals surface area (Å²) in [5, 5.41) is 7.65. The van der Waals surface area contributed by atoms with E-state index in [1.807, 2.05) is 0 Å². The minimum absolute atomic E-state index is 0.321. The summed E-state index contributed by atoms with van der Waals surface area (Å²) in [5.74, 6) is 1.38. The molecule has 112 valence electrons. The summed E-state index contributed by atoms with van der Waals surface area (Å²) < 4.78 is 14.7. The van der Waals surface area contributed by atoms with Gasteiger partial charge in [-0.25, -0.2) is 4.79 Å². The number of carbonyl (C=O) groups is 1. The first-order valence-electron chi connectivity index (χ1n) is 6.46. The third-order valence-corrected chi connectivity index (χ3v) is 2.91. The van der Waals surface area contributed by atoms with Gasteiger partial charge in [-0.05, 0) is 24.3 Å². The van der Waals surface area contributed by atoms with Crippen molar-refractivity contribution in [3.05, 3.63) is 47.4 Å². The molecule has 0 amide bonds. The van der Waals surface area contributed by atoms with Crippen LogP contribution >= 0.6 is 0 Å². The van der Waals surface area contributed by atoms with Crippen molar-refractivity contribution in [3.63, 3.8) is 0 Å². The number of carbonyl (C=O) groups excluding carboxylic acids is 1. The van der Waals surface area contributed by atoms with Gasteiger partial charge in [0.05, 0.1) is 19.1 Å². The number of nitrogens with zero attached hydrogens (tertiary/aromatic N) is 4. The standard InChI is InChI=1S/C14H12N4O4/c1-8-15-11(17-21-8)7-12-16-13(22-18-12)9-3-5-10(6-4-9)14(19)20-2/h3-6H,7H2,1-2H3. The second-order valence-corrected chi connectivity index (χ2v) is 4.49. The minimum Gasteiger partial charge on any atom is -0.465 e. The molecule has 0 aliphatic rings. The van der Waals surface area contributed by atoms with Crippen LogP contribution in [-0.2, 0) is 11.2 Å². The molecule has 0 bridgehead atoms. The Balaban J connectivity index is 1.77. The zero-order valence-corrected chi connectivity index (χ0v) is 11.9. The highest BCUT2D eigenvalue weighted by molar-refractivity contribution is 5.89. The lowest BCUT2D eigenvalue weighted by Crippen LogP contribution is -2.00. The lowest BCUT2D eigenvalue weighted by atomic mass is 10.1. The molecule has 0 aliphatic carbocycles. The van der Waals surface area contributed by atoms with Crippen LogP contribution in [0.15, 0.2) is 33.3 Å². The average molecular weight is 300 g/mol. The van der Waals surface area contributed by atoms with Crippen molar-refractivity contribution in [2.24, 2.45) is 0 Å². The summed E-state index contributed by atoms with van der Waals surface area (Å²) in [5.41, 5.74) is 1.16. The molecular weight excluding hydrogens is 288 g/mol. The van der Waals surface area contributed by atoms with Gasteiger partial charge < -0.3 is 13.8 Å². The van der Waals surface area contributed by atoms with Crippen molar-refractivity contribution in [2.75, 3.05) is 7.11 Å². The normalized spacial score (nSPS) is 10.6. The molecular formula is C14H12N4O4. The summed E-state index contributed by atoms with van der Waals surface area (Å²) in [4.78, 5) is 19.7. The van der Waals surface area contributed by atoms with E-state index in [4.69, 9.17) is 9.05 Å². The number of hydrogen-bond acceptors (Lipinski definition) is 8. The second kappa shape index (κ2) is 5.76. The summed E-state index contributed by atoms with van der Waals surface area (Å²) in [6, 6.07) is 6.69. The Kier molecular flexibility index (Phi) is 3.65. The number of esters is 1. The summed E-state index contributed by atoms with van der Waals surface area (Å²) in [7, 11) is 1.33. The van der Waals surface area contributed by atoms with E-state index in [-0.39, 0.29) is 0 Å². The molecule has 3 rings (SSSR count). The molecule has 8 heteroatoms. The van der Waals surface area contributed by atoms with Gasteiger partial charge in [-0.15, -0.1) is 0 Å². The number of methoxy groups -OCH3 is 1. The van der Waals surface area contributed by atoms with Gasteiger partial charge in [0, 0.05) is 12.5 Å². The van der Waals surface area contributed by atoms with Crippen LogP contribution in [0.3, 0.4) is 0 Å². The molecule has 2 heterocycles. The zero-order valence-electron chi connectivity index (χ0n) is 11.9. The molecule has 0 N–H and O–H groups in total. The highest BCUT2D eigenvalue weighted by Crippen LogP contribution is 2.18. The monoisotopic (exact) mass is 300 g/mol. The molecule has 2 aromatic heterocycles. The summed E-state index contributed by atoms with van der Waals surface area (Å²) in [6.07, 6.45) is 0.321. The number of ether oxygens (including phenoxy) is 1. The van der Waals surface area contributed by atoms with Gasteiger partial charge in [0.1, 0.15) is 0 Å². The first-order valence-corrected chi connectivity index (χ1v) is 6.46. The maximum Gasteiger partial charge on any atom is 0.337 e. The quantitative estimate of drug-likeness (QED) is 0.672. The van der Waals surface area contributed by atoms with E-state index in [0.717, 1.165) is 0 Å². The number of aromatic nitrogens is 4. The molecule has 22 heavy (non-hydrogen) atoms. The van der Waals surface area contributed by atoms with Gasteiger partial charge in [-0.2, -0.15) is 9.97 Å². The van der Waals surface area contributed by atoms with E-state index in [1.54, 1.807) is 31.2 Å². The van der Waals surface area contributed by atoms with E-state index >= 15 is 0 Å². The Labute approximate surface area is 125 Å². The molecule has 0 radical (unpaired) electrons. The summed E-state index contributed by atoms with van der Waals surface area (Å²) >= 11 is 0. The van der Waals surface area contributed by atoms with Crippen LogP contribution in [-0.4, -0.2) is 33.4 Å². The van der Waals surface area contributed by atoms with Crippen LogP contribution in [0, 0.1) is 6.92 Å². The molecule has 0 saturated heterocycles. The predicted octanol–water partition coefficient (Wildman–Crippen LogP) is 1.81. The fraction of sp³-hybridized carbons (Fsp3) is 0.214. The molecule has 0 fully saturated rings. The van der Waals surface area contributed by atoms with E-state index in [0.29, 0.717) is 41.0 Å². The smallest absolute Gasteiger partial charge is 0.337 e. The SMILES string of the molecule is COC(=O)c1ccc(-c2nc(Cc3noc(C)n3)no2)cc1. The average Bonchev–Trinajstić information content (AvgIpc) is 3.16. The van der Waals surface area contributed by atoms with Crippen molar-refractivity contribution >= 4 is 5.97 Å². The van der Waals surface area contributed by atoms with Crippen molar-refractivity contribution in [1.29, 1.82) is 0 Å². The van der Waals surface area contributed by atoms with Gasteiger partial charge in [0.2, 0.25) is 5.89 Å². The molecule has 0 spiro atoms. The van der Waals surface area contributed by atoms with Crippen LogP contribution in [0.5, 0.6) is 0 Å². The van der Waals surface area contributed by atoms with Crippen molar-refractivity contribution in [1.82, 2.24) is 20.3 Å². The molecule has 0 unspecified atom stereocenters. The number of rotatable bonds is 4. The van der Waals surface area contributed by atoms with Crippen molar-refractivity contribution in [3.8, 4) is 11.5 Å². The topological polar surface area (TPSA) is 104 Å². The first kappa shape index (κ1) is 13.9.